The van der Waals surface area contributed by atoms with E-state index in [0.717, 1.165) is 59.8 Å². The van der Waals surface area contributed by atoms with Crippen molar-refractivity contribution < 1.29 is 14.3 Å². The zero-order valence-electron chi connectivity index (χ0n) is 19.9. The third kappa shape index (κ3) is 7.34. The van der Waals surface area contributed by atoms with Crippen LogP contribution in [0.25, 0.3) is 11.2 Å². The lowest BCUT2D eigenvalue weighted by molar-refractivity contribution is -0.117. The number of nitrogens with one attached hydrogen (secondary N) is 1. The van der Waals surface area contributed by atoms with Gasteiger partial charge in [-0.2, -0.15) is 4.98 Å². The van der Waals surface area contributed by atoms with Crippen LogP contribution >= 0.6 is 35.3 Å². The van der Waals surface area contributed by atoms with Gasteiger partial charge >= 0.3 is 0 Å². The van der Waals surface area contributed by atoms with E-state index in [2.05, 4.69) is 30.1 Å². The molecule has 0 atom stereocenters. The second-order valence-corrected chi connectivity index (χ2v) is 11.0. The SMILES string of the molecule is CSc1cc(C)nc(SCCO)c1NC(=O)CN1CCN(CCSc2nc3ncccc3o2)CC1. The zero-order valence-corrected chi connectivity index (χ0v) is 22.3. The van der Waals surface area contributed by atoms with Crippen LogP contribution < -0.4 is 5.32 Å². The Morgan fingerprint density at radius 3 is 2.71 bits per heavy atom. The van der Waals surface area contributed by atoms with Gasteiger partial charge in [-0.15, -0.1) is 23.5 Å². The second-order valence-electron chi connectivity index (χ2n) is 8.04. The molecular formula is C23H30N6O3S3. The van der Waals surface area contributed by atoms with Crippen molar-refractivity contribution in [1.29, 1.82) is 0 Å². The molecule has 2 N–H and O–H groups in total. The molecule has 3 aromatic rings. The number of pyridine rings is 2. The maximum absolute atomic E-state index is 12.9. The van der Waals surface area contributed by atoms with Gasteiger partial charge in [0.25, 0.3) is 5.22 Å². The molecule has 0 saturated carbocycles. The van der Waals surface area contributed by atoms with E-state index >= 15 is 0 Å². The van der Waals surface area contributed by atoms with Gasteiger partial charge in [0.1, 0.15) is 5.03 Å². The van der Waals surface area contributed by atoms with E-state index in [1.54, 1.807) is 29.7 Å². The van der Waals surface area contributed by atoms with Crippen molar-refractivity contribution in [1.82, 2.24) is 24.8 Å². The Hall–Kier alpha value is -1.83. The van der Waals surface area contributed by atoms with E-state index in [1.165, 1.54) is 11.8 Å². The number of aromatic nitrogens is 3. The predicted octanol–water partition coefficient (Wildman–Crippen LogP) is 3.08. The van der Waals surface area contributed by atoms with Gasteiger partial charge in [0.05, 0.1) is 18.8 Å². The Morgan fingerprint density at radius 2 is 1.97 bits per heavy atom. The Morgan fingerprint density at radius 1 is 1.17 bits per heavy atom. The summed E-state index contributed by atoms with van der Waals surface area (Å²) in [7, 11) is 0. The van der Waals surface area contributed by atoms with Gasteiger partial charge in [-0.3, -0.25) is 14.6 Å². The lowest BCUT2D eigenvalue weighted by atomic mass is 10.3. The van der Waals surface area contributed by atoms with Crippen LogP contribution in [0.15, 0.2) is 44.0 Å². The smallest absolute Gasteiger partial charge is 0.258 e. The molecule has 188 valence electrons. The van der Waals surface area contributed by atoms with Gasteiger partial charge in [-0.25, -0.2) is 9.97 Å². The van der Waals surface area contributed by atoms with E-state index in [9.17, 15) is 9.90 Å². The van der Waals surface area contributed by atoms with E-state index in [4.69, 9.17) is 4.42 Å². The van der Waals surface area contributed by atoms with Crippen molar-refractivity contribution in [3.63, 3.8) is 0 Å². The van der Waals surface area contributed by atoms with E-state index in [1.807, 2.05) is 31.4 Å². The lowest BCUT2D eigenvalue weighted by Gasteiger charge is -2.34. The van der Waals surface area contributed by atoms with E-state index < -0.39 is 0 Å². The third-order valence-electron chi connectivity index (χ3n) is 5.50. The van der Waals surface area contributed by atoms with Crippen LogP contribution in [0, 0.1) is 6.92 Å². The number of hydrogen-bond acceptors (Lipinski definition) is 11. The van der Waals surface area contributed by atoms with Crippen LogP contribution in [0.3, 0.4) is 0 Å². The minimum Gasteiger partial charge on any atom is -0.430 e. The number of anilines is 1. The molecule has 3 aromatic heterocycles. The lowest BCUT2D eigenvalue weighted by Crippen LogP contribution is -2.49. The first-order valence-corrected chi connectivity index (χ1v) is 14.6. The highest BCUT2D eigenvalue weighted by atomic mass is 32.2. The first-order chi connectivity index (χ1) is 17.1. The molecule has 35 heavy (non-hydrogen) atoms. The fourth-order valence-corrected chi connectivity index (χ4v) is 6.09. The number of aryl methyl sites for hydroxylation is 1. The van der Waals surface area contributed by atoms with Crippen LogP contribution in [0.4, 0.5) is 5.69 Å². The van der Waals surface area contributed by atoms with Crippen molar-refractivity contribution in [2.45, 2.75) is 22.1 Å². The fraction of sp³-hybridized carbons (Fsp3) is 0.478. The van der Waals surface area contributed by atoms with Gasteiger partial charge in [-0.1, -0.05) is 11.8 Å². The standard InChI is InChI=1S/C23H30N6O3S3/c1-16-14-18(33-2)20(22(25-16)34-13-11-30)26-19(31)15-29-8-6-28(7-9-29)10-12-35-23-27-21-17(32-23)4-3-5-24-21/h3-5,14,30H,6-13,15H2,1-2H3,(H,26,31). The average molecular weight is 535 g/mol. The number of aliphatic hydroxyl groups excluding tert-OH is 1. The average Bonchev–Trinajstić information content (AvgIpc) is 3.27. The maximum Gasteiger partial charge on any atom is 0.258 e. The summed E-state index contributed by atoms with van der Waals surface area (Å²) in [5.41, 5.74) is 3.01. The van der Waals surface area contributed by atoms with E-state index in [0.29, 0.717) is 28.8 Å². The highest BCUT2D eigenvalue weighted by molar-refractivity contribution is 8.00. The quantitative estimate of drug-likeness (QED) is 0.354. The number of fused-ring (bicyclic) bond motifs is 1. The number of piperazine rings is 1. The minimum atomic E-state index is -0.0367. The summed E-state index contributed by atoms with van der Waals surface area (Å²) in [6.07, 6.45) is 3.71. The number of nitrogens with zero attached hydrogens (tertiary/aromatic N) is 5. The highest BCUT2D eigenvalue weighted by Crippen LogP contribution is 2.34. The highest BCUT2D eigenvalue weighted by Gasteiger charge is 2.21. The number of carbonyl (C=O) groups is 1. The fourth-order valence-electron chi connectivity index (χ4n) is 3.76. The van der Waals surface area contributed by atoms with Crippen LogP contribution in [-0.4, -0.2) is 99.4 Å². The summed E-state index contributed by atoms with van der Waals surface area (Å²) in [5, 5.41) is 13.7. The first-order valence-electron chi connectivity index (χ1n) is 11.4. The van der Waals surface area contributed by atoms with Crippen molar-refractivity contribution in [2.75, 3.05) is 69.0 Å². The molecule has 0 spiro atoms. The number of thioether (sulfide) groups is 3. The van der Waals surface area contributed by atoms with Gasteiger partial charge in [-0.05, 0) is 31.4 Å². The summed E-state index contributed by atoms with van der Waals surface area (Å²) < 4.78 is 5.72. The van der Waals surface area contributed by atoms with Crippen molar-refractivity contribution in [2.24, 2.45) is 0 Å². The minimum absolute atomic E-state index is 0.0367. The molecule has 0 bridgehead atoms. The summed E-state index contributed by atoms with van der Waals surface area (Å²) in [6, 6.07) is 5.70. The number of oxazole rings is 1. The largest absolute Gasteiger partial charge is 0.430 e. The Labute approximate surface area is 217 Å². The van der Waals surface area contributed by atoms with Gasteiger partial charge < -0.3 is 14.8 Å². The molecule has 4 rings (SSSR count). The summed E-state index contributed by atoms with van der Waals surface area (Å²) in [4.78, 5) is 31.6. The Bertz CT molecular complexity index is 1100. The predicted molar refractivity (Wildman–Crippen MR) is 143 cm³/mol. The summed E-state index contributed by atoms with van der Waals surface area (Å²) in [5.74, 6) is 1.39. The first kappa shape index (κ1) is 26.2. The van der Waals surface area contributed by atoms with Crippen LogP contribution in [0.5, 0.6) is 0 Å². The van der Waals surface area contributed by atoms with Gasteiger partial charge in [0, 0.05) is 61.0 Å². The third-order valence-corrected chi connectivity index (χ3v) is 8.03. The summed E-state index contributed by atoms with van der Waals surface area (Å²) >= 11 is 4.65. The van der Waals surface area contributed by atoms with Crippen LogP contribution in [0.1, 0.15) is 5.69 Å². The molecule has 1 aliphatic heterocycles. The Balaban J connectivity index is 1.22. The molecule has 1 amide bonds. The number of carbonyl (C=O) groups excluding carboxylic acids is 1. The zero-order chi connectivity index (χ0) is 24.6. The monoisotopic (exact) mass is 534 g/mol. The molecule has 1 aliphatic rings. The number of aliphatic hydroxyl groups is 1. The number of rotatable bonds is 11. The summed E-state index contributed by atoms with van der Waals surface area (Å²) in [6.45, 7) is 6.83. The molecule has 0 radical (unpaired) electrons. The maximum atomic E-state index is 12.9. The van der Waals surface area contributed by atoms with Crippen molar-refractivity contribution in [3.8, 4) is 0 Å². The molecule has 0 aliphatic carbocycles. The molecule has 1 fully saturated rings. The molecule has 1 saturated heterocycles. The van der Waals surface area contributed by atoms with Crippen molar-refractivity contribution >= 4 is 58.1 Å². The Kier molecular flexibility index (Phi) is 9.69. The molecule has 4 heterocycles. The van der Waals surface area contributed by atoms with Gasteiger partial charge in [0.15, 0.2) is 11.2 Å². The number of amides is 1. The van der Waals surface area contributed by atoms with Gasteiger partial charge in [0.2, 0.25) is 5.91 Å². The molecule has 0 unspecified atom stereocenters. The topological polar surface area (TPSA) is 108 Å². The van der Waals surface area contributed by atoms with E-state index in [-0.39, 0.29) is 12.5 Å². The molecule has 9 nitrogen and oxygen atoms in total. The normalized spacial score (nSPS) is 15.1. The van der Waals surface area contributed by atoms with Crippen LogP contribution in [-0.2, 0) is 4.79 Å². The molecular weight excluding hydrogens is 504 g/mol. The second kappa shape index (κ2) is 12.9. The van der Waals surface area contributed by atoms with Crippen molar-refractivity contribution in [3.05, 3.63) is 30.1 Å². The molecule has 12 heteroatoms. The number of hydrogen-bond donors (Lipinski definition) is 2. The molecule has 0 aromatic carbocycles. The van der Waals surface area contributed by atoms with Crippen LogP contribution in [0.2, 0.25) is 0 Å².